The Morgan fingerprint density at radius 3 is 2.89 bits per heavy atom. The fourth-order valence-electron chi connectivity index (χ4n) is 4.09. The summed E-state index contributed by atoms with van der Waals surface area (Å²) in [6.07, 6.45) is 4.07. The van der Waals surface area contributed by atoms with Crippen LogP contribution < -0.4 is 20.7 Å². The lowest BCUT2D eigenvalue weighted by molar-refractivity contribution is -0.135. The molecule has 0 unspecified atom stereocenters. The topological polar surface area (TPSA) is 116 Å². The Morgan fingerprint density at radius 1 is 1.30 bits per heavy atom. The monoisotopic (exact) mass is 394 g/mol. The van der Waals surface area contributed by atoms with Gasteiger partial charge in [-0.05, 0) is 50.6 Å². The zero-order chi connectivity index (χ0) is 19.5. The molecule has 2 atom stereocenters. The van der Waals surface area contributed by atoms with Crippen molar-refractivity contribution in [3.63, 3.8) is 0 Å². The number of rotatable bonds is 6. The summed E-state index contributed by atoms with van der Waals surface area (Å²) in [5, 5.41) is 8.72. The van der Waals surface area contributed by atoms with Crippen molar-refractivity contribution in [3.05, 3.63) is 24.3 Å². The number of fused-ring (bicyclic) bond motifs is 1. The second-order valence-corrected chi connectivity index (χ2v) is 9.08. The van der Waals surface area contributed by atoms with Crippen molar-refractivity contribution in [2.75, 3.05) is 32.0 Å². The van der Waals surface area contributed by atoms with Gasteiger partial charge in [-0.1, -0.05) is 18.9 Å². The van der Waals surface area contributed by atoms with E-state index in [9.17, 15) is 18.0 Å². The lowest BCUT2D eigenvalue weighted by Gasteiger charge is -2.37. The van der Waals surface area contributed by atoms with Crippen molar-refractivity contribution in [1.29, 1.82) is 0 Å². The van der Waals surface area contributed by atoms with Crippen molar-refractivity contribution in [2.45, 2.75) is 30.6 Å². The highest BCUT2D eigenvalue weighted by molar-refractivity contribution is 7.89. The molecule has 2 fully saturated rings. The van der Waals surface area contributed by atoms with Gasteiger partial charge in [0.25, 0.3) is 0 Å². The second-order valence-electron chi connectivity index (χ2n) is 7.20. The van der Waals surface area contributed by atoms with Gasteiger partial charge in [-0.15, -0.1) is 0 Å². The Labute approximate surface area is 159 Å². The van der Waals surface area contributed by atoms with Crippen LogP contribution in [0.1, 0.15) is 25.7 Å². The molecular formula is C18H26N4O4S. The second kappa shape index (κ2) is 7.95. The van der Waals surface area contributed by atoms with Crippen LogP contribution >= 0.6 is 0 Å². The van der Waals surface area contributed by atoms with Gasteiger partial charge in [0, 0.05) is 12.2 Å². The van der Waals surface area contributed by atoms with E-state index in [1.807, 2.05) is 0 Å². The molecule has 4 N–H and O–H groups in total. The minimum absolute atomic E-state index is 0.0628. The van der Waals surface area contributed by atoms with E-state index in [1.54, 1.807) is 12.1 Å². The molecule has 8 nitrogen and oxygen atoms in total. The third kappa shape index (κ3) is 4.15. The van der Waals surface area contributed by atoms with Crippen molar-refractivity contribution in [2.24, 2.45) is 11.3 Å². The van der Waals surface area contributed by atoms with E-state index in [0.717, 1.165) is 32.2 Å². The standard InChI is InChI=1S/C18H26N4O4S/c1-19-27(25,26)15-7-4-6-14(9-15)22-16(23)11-21-17(24)18-8-3-2-5-13(18)10-20-12-18/h4,6-7,9,13,19-20H,2-3,5,8,10-12H2,1H3,(H,21,24)(H,22,23)/t13-,18+/m0/s1. The molecular weight excluding hydrogens is 368 g/mol. The first-order chi connectivity index (χ1) is 12.9. The summed E-state index contributed by atoms with van der Waals surface area (Å²) >= 11 is 0. The maximum Gasteiger partial charge on any atom is 0.243 e. The van der Waals surface area contributed by atoms with Crippen molar-refractivity contribution in [3.8, 4) is 0 Å². The van der Waals surface area contributed by atoms with Gasteiger partial charge >= 0.3 is 0 Å². The molecule has 0 spiro atoms. The molecule has 1 saturated carbocycles. The average Bonchev–Trinajstić information content (AvgIpc) is 3.11. The van der Waals surface area contributed by atoms with E-state index in [0.29, 0.717) is 18.2 Å². The van der Waals surface area contributed by atoms with Crippen LogP contribution in [-0.2, 0) is 19.6 Å². The summed E-state index contributed by atoms with van der Waals surface area (Å²) in [5.74, 6) is -0.131. The molecule has 1 saturated heterocycles. The molecule has 1 aromatic rings. The van der Waals surface area contributed by atoms with E-state index in [-0.39, 0.29) is 17.3 Å². The quantitative estimate of drug-likeness (QED) is 0.558. The molecule has 2 amide bonds. The van der Waals surface area contributed by atoms with Crippen LogP contribution in [-0.4, -0.2) is 46.9 Å². The summed E-state index contributed by atoms with van der Waals surface area (Å²) in [6.45, 7) is 1.37. The number of hydrogen-bond donors (Lipinski definition) is 4. The summed E-state index contributed by atoms with van der Waals surface area (Å²) in [7, 11) is -2.26. The molecule has 0 radical (unpaired) electrons. The molecule has 3 rings (SSSR count). The van der Waals surface area contributed by atoms with Gasteiger partial charge in [0.2, 0.25) is 21.8 Å². The Hall–Kier alpha value is -1.97. The minimum atomic E-state index is -3.59. The Bertz CT molecular complexity index is 826. The van der Waals surface area contributed by atoms with E-state index >= 15 is 0 Å². The lowest BCUT2D eigenvalue weighted by atomic mass is 9.67. The van der Waals surface area contributed by atoms with Gasteiger partial charge in [-0.2, -0.15) is 0 Å². The van der Waals surface area contributed by atoms with Crippen LogP contribution in [0.2, 0.25) is 0 Å². The highest BCUT2D eigenvalue weighted by Crippen LogP contribution is 2.43. The van der Waals surface area contributed by atoms with Gasteiger partial charge in [0.05, 0.1) is 16.9 Å². The molecule has 9 heteroatoms. The molecule has 27 heavy (non-hydrogen) atoms. The molecule has 1 aromatic carbocycles. The number of hydrogen-bond acceptors (Lipinski definition) is 5. The van der Waals surface area contributed by atoms with Crippen molar-refractivity contribution < 1.29 is 18.0 Å². The number of amides is 2. The predicted octanol–water partition coefficient (Wildman–Crippen LogP) is 0.429. The Kier molecular flexibility index (Phi) is 5.83. The number of anilines is 1. The third-order valence-corrected chi connectivity index (χ3v) is 7.01. The maximum absolute atomic E-state index is 12.8. The minimum Gasteiger partial charge on any atom is -0.346 e. The van der Waals surface area contributed by atoms with Crippen LogP contribution in [0.3, 0.4) is 0 Å². The number of nitrogens with one attached hydrogen (secondary N) is 4. The van der Waals surface area contributed by atoms with Crippen LogP contribution in [0.15, 0.2) is 29.2 Å². The number of carbonyl (C=O) groups is 2. The molecule has 0 aromatic heterocycles. The van der Waals surface area contributed by atoms with Gasteiger partial charge in [-0.25, -0.2) is 13.1 Å². The van der Waals surface area contributed by atoms with Gasteiger partial charge < -0.3 is 16.0 Å². The summed E-state index contributed by atoms with van der Waals surface area (Å²) in [5.41, 5.74) is -0.0407. The fourth-order valence-corrected chi connectivity index (χ4v) is 4.87. The smallest absolute Gasteiger partial charge is 0.243 e. The van der Waals surface area contributed by atoms with E-state index < -0.39 is 21.3 Å². The van der Waals surface area contributed by atoms with Crippen LogP contribution in [0, 0.1) is 11.3 Å². The van der Waals surface area contributed by atoms with E-state index in [2.05, 4.69) is 20.7 Å². The van der Waals surface area contributed by atoms with Gasteiger partial charge in [0.1, 0.15) is 0 Å². The van der Waals surface area contributed by atoms with Crippen LogP contribution in [0.5, 0.6) is 0 Å². The molecule has 1 aliphatic heterocycles. The summed E-state index contributed by atoms with van der Waals surface area (Å²) in [6, 6.07) is 5.97. The first-order valence-electron chi connectivity index (χ1n) is 9.20. The zero-order valence-electron chi connectivity index (χ0n) is 15.4. The average molecular weight is 394 g/mol. The highest BCUT2D eigenvalue weighted by atomic mass is 32.2. The van der Waals surface area contributed by atoms with E-state index in [1.165, 1.54) is 19.2 Å². The fraction of sp³-hybridized carbons (Fsp3) is 0.556. The number of benzene rings is 1. The predicted molar refractivity (Wildman–Crippen MR) is 102 cm³/mol. The van der Waals surface area contributed by atoms with Crippen molar-refractivity contribution in [1.82, 2.24) is 15.4 Å². The zero-order valence-corrected chi connectivity index (χ0v) is 16.2. The first kappa shape index (κ1) is 19.8. The van der Waals surface area contributed by atoms with Gasteiger partial charge in [0.15, 0.2) is 0 Å². The van der Waals surface area contributed by atoms with Crippen molar-refractivity contribution >= 4 is 27.5 Å². The SMILES string of the molecule is CNS(=O)(=O)c1cccc(NC(=O)CNC(=O)[C@@]23CCCC[C@H]2CNC3)c1. The molecule has 1 heterocycles. The molecule has 0 bridgehead atoms. The number of carbonyl (C=O) groups excluding carboxylic acids is 2. The summed E-state index contributed by atoms with van der Waals surface area (Å²) < 4.78 is 25.9. The molecule has 1 aliphatic carbocycles. The first-order valence-corrected chi connectivity index (χ1v) is 10.7. The van der Waals surface area contributed by atoms with Crippen LogP contribution in [0.4, 0.5) is 5.69 Å². The Balaban J connectivity index is 1.59. The normalized spacial score (nSPS) is 24.9. The Morgan fingerprint density at radius 2 is 2.11 bits per heavy atom. The largest absolute Gasteiger partial charge is 0.346 e. The van der Waals surface area contributed by atoms with Crippen LogP contribution in [0.25, 0.3) is 0 Å². The maximum atomic E-state index is 12.8. The van der Waals surface area contributed by atoms with E-state index in [4.69, 9.17) is 0 Å². The number of sulfonamides is 1. The lowest BCUT2D eigenvalue weighted by Crippen LogP contribution is -2.49. The molecule has 2 aliphatic rings. The molecule has 148 valence electrons. The highest BCUT2D eigenvalue weighted by Gasteiger charge is 2.49. The van der Waals surface area contributed by atoms with Gasteiger partial charge in [-0.3, -0.25) is 9.59 Å². The third-order valence-electron chi connectivity index (χ3n) is 5.60. The summed E-state index contributed by atoms with van der Waals surface area (Å²) in [4.78, 5) is 25.0.